The Morgan fingerprint density at radius 3 is 2.65 bits per heavy atom. The Kier molecular flexibility index (Phi) is 4.65. The Morgan fingerprint density at radius 2 is 2.05 bits per heavy atom. The number of ether oxygens (including phenoxy) is 1. The standard InChI is InChI=1S/C15H18N2O3/c1-11(14-4-3-9-19-14)17-15(18)10-20-13-7-5-12(16-2)6-8-13/h3-9,11,16H,10H2,1-2H3,(H,17,18). The molecule has 106 valence electrons. The van der Waals surface area contributed by atoms with E-state index in [2.05, 4.69) is 10.6 Å². The van der Waals surface area contributed by atoms with Gasteiger partial charge in [0.05, 0.1) is 12.3 Å². The molecule has 1 amide bonds. The predicted octanol–water partition coefficient (Wildman–Crippen LogP) is 2.58. The second-order valence-electron chi connectivity index (χ2n) is 4.37. The summed E-state index contributed by atoms with van der Waals surface area (Å²) < 4.78 is 10.6. The van der Waals surface area contributed by atoms with Crippen LogP contribution < -0.4 is 15.4 Å². The average Bonchev–Trinajstić information content (AvgIpc) is 3.00. The number of carbonyl (C=O) groups is 1. The molecule has 2 aromatic rings. The van der Waals surface area contributed by atoms with Crippen molar-refractivity contribution in [3.63, 3.8) is 0 Å². The fraction of sp³-hybridized carbons (Fsp3) is 0.267. The molecule has 0 aliphatic carbocycles. The van der Waals surface area contributed by atoms with Crippen molar-refractivity contribution in [3.8, 4) is 5.75 Å². The number of hydrogen-bond acceptors (Lipinski definition) is 4. The van der Waals surface area contributed by atoms with E-state index in [4.69, 9.17) is 9.15 Å². The SMILES string of the molecule is CNc1ccc(OCC(=O)NC(C)c2ccco2)cc1. The number of hydrogen-bond donors (Lipinski definition) is 2. The monoisotopic (exact) mass is 274 g/mol. The van der Waals surface area contributed by atoms with Gasteiger partial charge in [0.2, 0.25) is 0 Å². The molecule has 1 atom stereocenters. The summed E-state index contributed by atoms with van der Waals surface area (Å²) in [7, 11) is 1.85. The zero-order valence-corrected chi connectivity index (χ0v) is 11.6. The Balaban J connectivity index is 1.79. The highest BCUT2D eigenvalue weighted by Gasteiger charge is 2.12. The number of benzene rings is 1. The van der Waals surface area contributed by atoms with E-state index in [1.807, 2.05) is 44.3 Å². The van der Waals surface area contributed by atoms with Gasteiger partial charge in [0.15, 0.2) is 6.61 Å². The third-order valence-corrected chi connectivity index (χ3v) is 2.86. The zero-order valence-electron chi connectivity index (χ0n) is 11.6. The van der Waals surface area contributed by atoms with Crippen molar-refractivity contribution >= 4 is 11.6 Å². The van der Waals surface area contributed by atoms with Crippen molar-refractivity contribution < 1.29 is 13.9 Å². The van der Waals surface area contributed by atoms with E-state index in [0.29, 0.717) is 5.75 Å². The molecule has 0 fully saturated rings. The molecule has 0 saturated heterocycles. The van der Waals surface area contributed by atoms with Crippen LogP contribution in [0, 0.1) is 0 Å². The van der Waals surface area contributed by atoms with Crippen LogP contribution in [0.25, 0.3) is 0 Å². The van der Waals surface area contributed by atoms with E-state index in [1.54, 1.807) is 12.3 Å². The fourth-order valence-electron chi connectivity index (χ4n) is 1.76. The van der Waals surface area contributed by atoms with Crippen molar-refractivity contribution in [1.82, 2.24) is 5.32 Å². The van der Waals surface area contributed by atoms with Gasteiger partial charge in [-0.15, -0.1) is 0 Å². The Labute approximate surface area is 117 Å². The van der Waals surface area contributed by atoms with E-state index in [-0.39, 0.29) is 18.6 Å². The van der Waals surface area contributed by atoms with Crippen LogP contribution in [-0.4, -0.2) is 19.6 Å². The minimum absolute atomic E-state index is 0.0239. The summed E-state index contributed by atoms with van der Waals surface area (Å²) in [5.41, 5.74) is 0.994. The second-order valence-corrected chi connectivity index (χ2v) is 4.37. The van der Waals surface area contributed by atoms with Crippen LogP contribution in [0.1, 0.15) is 18.7 Å². The number of nitrogens with one attached hydrogen (secondary N) is 2. The maximum Gasteiger partial charge on any atom is 0.258 e. The van der Waals surface area contributed by atoms with Crippen LogP contribution in [0.5, 0.6) is 5.75 Å². The second kappa shape index (κ2) is 6.65. The molecule has 5 heteroatoms. The summed E-state index contributed by atoms with van der Waals surface area (Å²) in [6, 6.07) is 10.8. The van der Waals surface area contributed by atoms with Gasteiger partial charge in [0.25, 0.3) is 5.91 Å². The smallest absolute Gasteiger partial charge is 0.258 e. The normalized spacial score (nSPS) is 11.7. The first-order chi connectivity index (χ1) is 9.69. The highest BCUT2D eigenvalue weighted by Crippen LogP contribution is 2.15. The number of amides is 1. The van der Waals surface area contributed by atoms with E-state index in [0.717, 1.165) is 11.4 Å². The largest absolute Gasteiger partial charge is 0.484 e. The van der Waals surface area contributed by atoms with E-state index in [9.17, 15) is 4.79 Å². The van der Waals surface area contributed by atoms with Crippen molar-refractivity contribution in [3.05, 3.63) is 48.4 Å². The van der Waals surface area contributed by atoms with Gasteiger partial charge >= 0.3 is 0 Å². The average molecular weight is 274 g/mol. The lowest BCUT2D eigenvalue weighted by atomic mass is 10.2. The van der Waals surface area contributed by atoms with Crippen LogP contribution in [0.3, 0.4) is 0 Å². The van der Waals surface area contributed by atoms with Crippen LogP contribution in [0.4, 0.5) is 5.69 Å². The first kappa shape index (κ1) is 14.0. The molecule has 1 heterocycles. The minimum Gasteiger partial charge on any atom is -0.484 e. The molecule has 0 bridgehead atoms. The molecular weight excluding hydrogens is 256 g/mol. The molecule has 2 rings (SSSR count). The van der Waals surface area contributed by atoms with Gasteiger partial charge in [-0.2, -0.15) is 0 Å². The van der Waals surface area contributed by atoms with Crippen molar-refractivity contribution in [2.75, 3.05) is 19.0 Å². The van der Waals surface area contributed by atoms with Gasteiger partial charge in [-0.25, -0.2) is 0 Å². The van der Waals surface area contributed by atoms with Gasteiger partial charge in [0, 0.05) is 12.7 Å². The topological polar surface area (TPSA) is 63.5 Å². The molecule has 1 aromatic heterocycles. The van der Waals surface area contributed by atoms with E-state index in [1.165, 1.54) is 0 Å². The third kappa shape index (κ3) is 3.78. The highest BCUT2D eigenvalue weighted by molar-refractivity contribution is 5.77. The van der Waals surface area contributed by atoms with Gasteiger partial charge < -0.3 is 19.8 Å². The molecule has 0 spiro atoms. The lowest BCUT2D eigenvalue weighted by molar-refractivity contribution is -0.123. The first-order valence-electron chi connectivity index (χ1n) is 6.42. The lowest BCUT2D eigenvalue weighted by Crippen LogP contribution is -2.31. The number of furan rings is 1. The molecule has 1 aromatic carbocycles. The summed E-state index contributed by atoms with van der Waals surface area (Å²) >= 11 is 0. The molecule has 5 nitrogen and oxygen atoms in total. The van der Waals surface area contributed by atoms with Crippen LogP contribution >= 0.6 is 0 Å². The molecule has 0 saturated carbocycles. The molecular formula is C15H18N2O3. The molecule has 1 unspecified atom stereocenters. The number of rotatable bonds is 6. The Hall–Kier alpha value is -2.43. The maximum atomic E-state index is 11.8. The molecule has 2 N–H and O–H groups in total. The quantitative estimate of drug-likeness (QED) is 0.849. The van der Waals surface area contributed by atoms with Crippen LogP contribution in [0.2, 0.25) is 0 Å². The first-order valence-corrected chi connectivity index (χ1v) is 6.42. The summed E-state index contributed by atoms with van der Waals surface area (Å²) in [5, 5.41) is 5.82. The third-order valence-electron chi connectivity index (χ3n) is 2.86. The van der Waals surface area contributed by atoms with Crippen molar-refractivity contribution in [1.29, 1.82) is 0 Å². The van der Waals surface area contributed by atoms with Gasteiger partial charge in [-0.05, 0) is 43.3 Å². The van der Waals surface area contributed by atoms with E-state index >= 15 is 0 Å². The number of anilines is 1. The van der Waals surface area contributed by atoms with Crippen LogP contribution in [-0.2, 0) is 4.79 Å². The van der Waals surface area contributed by atoms with Crippen molar-refractivity contribution in [2.45, 2.75) is 13.0 Å². The Morgan fingerprint density at radius 1 is 1.30 bits per heavy atom. The fourth-order valence-corrected chi connectivity index (χ4v) is 1.76. The molecule has 0 aliphatic rings. The Bertz CT molecular complexity index is 535. The van der Waals surface area contributed by atoms with Gasteiger partial charge in [-0.1, -0.05) is 0 Å². The number of carbonyl (C=O) groups excluding carboxylic acids is 1. The summed E-state index contributed by atoms with van der Waals surface area (Å²) in [6.45, 7) is 1.84. The minimum atomic E-state index is -0.188. The zero-order chi connectivity index (χ0) is 14.4. The van der Waals surface area contributed by atoms with E-state index < -0.39 is 0 Å². The van der Waals surface area contributed by atoms with Gasteiger partial charge in [-0.3, -0.25) is 4.79 Å². The summed E-state index contributed by atoms with van der Waals surface area (Å²) in [4.78, 5) is 11.8. The van der Waals surface area contributed by atoms with Crippen molar-refractivity contribution in [2.24, 2.45) is 0 Å². The molecule has 0 aliphatic heterocycles. The molecule has 20 heavy (non-hydrogen) atoms. The lowest BCUT2D eigenvalue weighted by Gasteiger charge is -2.12. The highest BCUT2D eigenvalue weighted by atomic mass is 16.5. The maximum absolute atomic E-state index is 11.8. The summed E-state index contributed by atoms with van der Waals surface area (Å²) in [5.74, 6) is 1.19. The molecule has 0 radical (unpaired) electrons. The van der Waals surface area contributed by atoms with Gasteiger partial charge in [0.1, 0.15) is 11.5 Å². The van der Waals surface area contributed by atoms with Crippen LogP contribution in [0.15, 0.2) is 47.1 Å². The summed E-state index contributed by atoms with van der Waals surface area (Å²) in [6.07, 6.45) is 1.58. The predicted molar refractivity (Wildman–Crippen MR) is 76.7 cm³/mol.